The van der Waals surface area contributed by atoms with Crippen molar-refractivity contribution in [3.05, 3.63) is 17.0 Å². The normalized spacial score (nSPS) is 28.3. The molecular formula is C17H27N3O. The molecule has 0 radical (unpaired) electrons. The van der Waals surface area contributed by atoms with Gasteiger partial charge in [0, 0.05) is 23.7 Å². The van der Waals surface area contributed by atoms with Crippen LogP contribution in [0.25, 0.3) is 0 Å². The third-order valence-corrected chi connectivity index (χ3v) is 5.37. The first kappa shape index (κ1) is 14.6. The Kier molecular flexibility index (Phi) is 3.58. The van der Waals surface area contributed by atoms with E-state index < -0.39 is 0 Å². The van der Waals surface area contributed by atoms with Crippen LogP contribution in [0.3, 0.4) is 0 Å². The van der Waals surface area contributed by atoms with Gasteiger partial charge in [0.05, 0.1) is 11.7 Å². The molecule has 0 spiro atoms. The lowest BCUT2D eigenvalue weighted by Crippen LogP contribution is -2.37. The van der Waals surface area contributed by atoms with Gasteiger partial charge in [0.2, 0.25) is 5.91 Å². The molecule has 1 aliphatic carbocycles. The Morgan fingerprint density at radius 3 is 2.57 bits per heavy atom. The highest BCUT2D eigenvalue weighted by molar-refractivity contribution is 5.83. The summed E-state index contributed by atoms with van der Waals surface area (Å²) in [6.45, 7) is 9.44. The summed E-state index contributed by atoms with van der Waals surface area (Å²) < 4.78 is 0. The van der Waals surface area contributed by atoms with Crippen LogP contribution in [0.15, 0.2) is 0 Å². The standard InChI is InChI=1S/C17H27N3O/c1-11-15(12(2)19-18-11)14-8-6-5-7-9-20(14)16(21)13-10-17(13,3)4/h13-14H,5-10H2,1-4H3,(H,18,19)/t13-,14?/m1/s1. The molecule has 2 aliphatic rings. The molecule has 1 aromatic heterocycles. The summed E-state index contributed by atoms with van der Waals surface area (Å²) in [7, 11) is 0. The quantitative estimate of drug-likeness (QED) is 0.905. The molecule has 1 amide bonds. The summed E-state index contributed by atoms with van der Waals surface area (Å²) in [5, 5.41) is 7.43. The lowest BCUT2D eigenvalue weighted by molar-refractivity contribution is -0.135. The predicted molar refractivity (Wildman–Crippen MR) is 82.9 cm³/mol. The molecule has 21 heavy (non-hydrogen) atoms. The van der Waals surface area contributed by atoms with E-state index in [-0.39, 0.29) is 17.4 Å². The van der Waals surface area contributed by atoms with Crippen molar-refractivity contribution in [2.24, 2.45) is 11.3 Å². The maximum atomic E-state index is 13.0. The Morgan fingerprint density at radius 1 is 1.29 bits per heavy atom. The molecule has 116 valence electrons. The number of nitrogens with one attached hydrogen (secondary N) is 1. The second-order valence-corrected chi connectivity index (χ2v) is 7.49. The van der Waals surface area contributed by atoms with Gasteiger partial charge in [0.25, 0.3) is 0 Å². The lowest BCUT2D eigenvalue weighted by Gasteiger charge is -2.31. The fourth-order valence-corrected chi connectivity index (χ4v) is 3.81. The van der Waals surface area contributed by atoms with Gasteiger partial charge in [-0.25, -0.2) is 0 Å². The topological polar surface area (TPSA) is 49.0 Å². The first-order chi connectivity index (χ1) is 9.92. The Labute approximate surface area is 127 Å². The Hall–Kier alpha value is -1.32. The van der Waals surface area contributed by atoms with E-state index >= 15 is 0 Å². The summed E-state index contributed by atoms with van der Waals surface area (Å²) in [5.41, 5.74) is 3.62. The molecule has 1 unspecified atom stereocenters. The maximum Gasteiger partial charge on any atom is 0.226 e. The summed E-state index contributed by atoms with van der Waals surface area (Å²) >= 11 is 0. The molecule has 4 heteroatoms. The Balaban J connectivity index is 1.90. The highest BCUT2D eigenvalue weighted by Crippen LogP contribution is 2.53. The van der Waals surface area contributed by atoms with Gasteiger partial charge >= 0.3 is 0 Å². The van der Waals surface area contributed by atoms with Gasteiger partial charge in [-0.3, -0.25) is 9.89 Å². The van der Waals surface area contributed by atoms with Gasteiger partial charge in [0.15, 0.2) is 0 Å². The second kappa shape index (κ2) is 5.15. The molecule has 1 N–H and O–H groups in total. The molecule has 2 atom stereocenters. The Morgan fingerprint density at radius 2 is 2.00 bits per heavy atom. The largest absolute Gasteiger partial charge is 0.335 e. The van der Waals surface area contributed by atoms with E-state index in [1.54, 1.807) is 0 Å². The summed E-state index contributed by atoms with van der Waals surface area (Å²) in [6.07, 6.45) is 5.67. The minimum atomic E-state index is 0.203. The number of amides is 1. The summed E-state index contributed by atoms with van der Waals surface area (Å²) in [4.78, 5) is 15.1. The van der Waals surface area contributed by atoms with Crippen LogP contribution in [-0.4, -0.2) is 27.5 Å². The van der Waals surface area contributed by atoms with Crippen LogP contribution in [0.4, 0.5) is 0 Å². The molecular weight excluding hydrogens is 262 g/mol. The van der Waals surface area contributed by atoms with E-state index in [0.29, 0.717) is 5.91 Å². The van der Waals surface area contributed by atoms with Crippen LogP contribution in [-0.2, 0) is 4.79 Å². The molecule has 0 aromatic carbocycles. The first-order valence-corrected chi connectivity index (χ1v) is 8.24. The van der Waals surface area contributed by atoms with Gasteiger partial charge in [-0.2, -0.15) is 5.10 Å². The fraction of sp³-hybridized carbons (Fsp3) is 0.765. The zero-order chi connectivity index (χ0) is 15.2. The van der Waals surface area contributed by atoms with E-state index in [0.717, 1.165) is 37.2 Å². The number of aromatic nitrogens is 2. The van der Waals surface area contributed by atoms with E-state index in [4.69, 9.17) is 0 Å². The van der Waals surface area contributed by atoms with Crippen molar-refractivity contribution in [1.29, 1.82) is 0 Å². The van der Waals surface area contributed by atoms with Gasteiger partial charge in [-0.05, 0) is 38.5 Å². The minimum Gasteiger partial charge on any atom is -0.335 e. The molecule has 0 bridgehead atoms. The Bertz CT molecular complexity index is 527. The number of carbonyl (C=O) groups excluding carboxylic acids is 1. The van der Waals surface area contributed by atoms with Crippen LogP contribution >= 0.6 is 0 Å². The third kappa shape index (κ3) is 2.60. The highest BCUT2D eigenvalue weighted by Gasteiger charge is 2.52. The van der Waals surface area contributed by atoms with Gasteiger partial charge in [-0.15, -0.1) is 0 Å². The summed E-state index contributed by atoms with van der Waals surface area (Å²) in [6, 6.07) is 0.218. The molecule has 1 aromatic rings. The maximum absolute atomic E-state index is 13.0. The van der Waals surface area contributed by atoms with E-state index in [2.05, 4.69) is 35.9 Å². The van der Waals surface area contributed by atoms with Crippen molar-refractivity contribution in [2.45, 2.75) is 65.8 Å². The molecule has 1 aliphatic heterocycles. The minimum absolute atomic E-state index is 0.203. The number of rotatable bonds is 2. The van der Waals surface area contributed by atoms with Gasteiger partial charge < -0.3 is 4.90 Å². The molecule has 2 heterocycles. The fourth-order valence-electron chi connectivity index (χ4n) is 3.81. The third-order valence-electron chi connectivity index (χ3n) is 5.37. The molecule has 3 rings (SSSR count). The van der Waals surface area contributed by atoms with E-state index in [1.165, 1.54) is 18.4 Å². The molecule has 1 saturated heterocycles. The smallest absolute Gasteiger partial charge is 0.226 e. The molecule has 2 fully saturated rings. The number of nitrogens with zero attached hydrogens (tertiary/aromatic N) is 2. The van der Waals surface area contributed by atoms with Gasteiger partial charge in [-0.1, -0.05) is 26.7 Å². The van der Waals surface area contributed by atoms with E-state index in [1.807, 2.05) is 6.92 Å². The number of hydrogen-bond donors (Lipinski definition) is 1. The van der Waals surface area contributed by atoms with Crippen molar-refractivity contribution in [2.75, 3.05) is 6.54 Å². The number of carbonyl (C=O) groups is 1. The summed E-state index contributed by atoms with van der Waals surface area (Å²) in [5.74, 6) is 0.595. The van der Waals surface area contributed by atoms with Crippen molar-refractivity contribution in [3.8, 4) is 0 Å². The highest BCUT2D eigenvalue weighted by atomic mass is 16.2. The second-order valence-electron chi connectivity index (χ2n) is 7.49. The van der Waals surface area contributed by atoms with Gasteiger partial charge in [0.1, 0.15) is 0 Å². The number of hydrogen-bond acceptors (Lipinski definition) is 2. The average Bonchev–Trinajstić information content (AvgIpc) is 3.04. The molecule has 1 saturated carbocycles. The predicted octanol–water partition coefficient (Wildman–Crippen LogP) is 3.52. The zero-order valence-corrected chi connectivity index (χ0v) is 13.7. The average molecular weight is 289 g/mol. The number of likely N-dealkylation sites (tertiary alicyclic amines) is 1. The van der Waals surface area contributed by atoms with Crippen molar-refractivity contribution < 1.29 is 4.79 Å². The van der Waals surface area contributed by atoms with Crippen molar-refractivity contribution in [1.82, 2.24) is 15.1 Å². The number of H-pyrrole nitrogens is 1. The van der Waals surface area contributed by atoms with Crippen LogP contribution in [0, 0.1) is 25.2 Å². The van der Waals surface area contributed by atoms with Crippen LogP contribution in [0.2, 0.25) is 0 Å². The molecule has 4 nitrogen and oxygen atoms in total. The number of aromatic amines is 1. The lowest BCUT2D eigenvalue weighted by atomic mass is 9.98. The van der Waals surface area contributed by atoms with Crippen molar-refractivity contribution in [3.63, 3.8) is 0 Å². The van der Waals surface area contributed by atoms with E-state index in [9.17, 15) is 4.79 Å². The van der Waals surface area contributed by atoms with Crippen molar-refractivity contribution >= 4 is 5.91 Å². The van der Waals surface area contributed by atoms with Crippen LogP contribution in [0.5, 0.6) is 0 Å². The van der Waals surface area contributed by atoms with Crippen LogP contribution in [0.1, 0.15) is 68.9 Å². The zero-order valence-electron chi connectivity index (χ0n) is 13.7. The van der Waals surface area contributed by atoms with Crippen LogP contribution < -0.4 is 0 Å². The first-order valence-electron chi connectivity index (χ1n) is 8.24. The number of aryl methyl sites for hydroxylation is 2. The monoisotopic (exact) mass is 289 g/mol. The SMILES string of the molecule is Cc1n[nH]c(C)c1C1CCCCCN1C(=O)[C@H]1CC1(C)C.